The minimum Gasteiger partial charge on any atom is -0.497 e. The highest BCUT2D eigenvalue weighted by Crippen LogP contribution is 2.23. The number of ether oxygens (including phenoxy) is 2. The smallest absolute Gasteiger partial charge is 0.260 e. The van der Waals surface area contributed by atoms with E-state index >= 15 is 0 Å². The molecule has 0 spiro atoms. The monoisotopic (exact) mass is 380 g/mol. The molecule has 7 heteroatoms. The predicted molar refractivity (Wildman–Crippen MR) is 109 cm³/mol. The summed E-state index contributed by atoms with van der Waals surface area (Å²) >= 11 is 0. The van der Waals surface area contributed by atoms with Crippen molar-refractivity contribution >= 4 is 23.2 Å². The van der Waals surface area contributed by atoms with Crippen molar-refractivity contribution in [3.63, 3.8) is 0 Å². The molecule has 0 aliphatic carbocycles. The van der Waals surface area contributed by atoms with E-state index in [-0.39, 0.29) is 18.4 Å². The van der Waals surface area contributed by atoms with Gasteiger partial charge in [0.05, 0.1) is 31.5 Å². The largest absolute Gasteiger partial charge is 0.497 e. The number of rotatable bonds is 7. The zero-order chi connectivity index (χ0) is 20.1. The molecule has 0 radical (unpaired) electrons. The van der Waals surface area contributed by atoms with Crippen molar-refractivity contribution in [2.75, 3.05) is 14.2 Å². The number of methoxy groups -OCH3 is 2. The van der Waals surface area contributed by atoms with Crippen LogP contribution < -0.4 is 14.9 Å². The van der Waals surface area contributed by atoms with Crippen LogP contribution in [-0.4, -0.2) is 35.9 Å². The molecule has 28 heavy (non-hydrogen) atoms. The standard InChI is InChI=1S/C21H24N4O3/c1-14(2)21-23-17-7-5-6-8-18(17)25(21)13-20(26)24-22-12-15-11-16(27-3)9-10-19(15)28-4/h5-12,14H,13H2,1-4H3,(H,24,26)/b22-12+. The number of hydrazone groups is 1. The maximum Gasteiger partial charge on any atom is 0.260 e. The molecule has 1 amide bonds. The number of amides is 1. The van der Waals surface area contributed by atoms with Gasteiger partial charge in [-0.05, 0) is 30.3 Å². The van der Waals surface area contributed by atoms with Gasteiger partial charge in [0.15, 0.2) is 0 Å². The Balaban J connectivity index is 1.76. The first kappa shape index (κ1) is 19.4. The number of aromatic nitrogens is 2. The average Bonchev–Trinajstić information content (AvgIpc) is 3.06. The van der Waals surface area contributed by atoms with E-state index in [1.165, 1.54) is 6.21 Å². The number of imidazole rings is 1. The number of para-hydroxylation sites is 2. The summed E-state index contributed by atoms with van der Waals surface area (Å²) in [5, 5.41) is 4.07. The van der Waals surface area contributed by atoms with Crippen LogP contribution in [0.25, 0.3) is 11.0 Å². The van der Waals surface area contributed by atoms with Crippen LogP contribution in [0.4, 0.5) is 0 Å². The Morgan fingerprint density at radius 3 is 2.71 bits per heavy atom. The van der Waals surface area contributed by atoms with E-state index in [0.29, 0.717) is 17.1 Å². The first-order valence-corrected chi connectivity index (χ1v) is 9.02. The molecule has 1 aromatic heterocycles. The van der Waals surface area contributed by atoms with Crippen LogP contribution >= 0.6 is 0 Å². The van der Waals surface area contributed by atoms with Crippen molar-refractivity contribution in [3.8, 4) is 11.5 Å². The zero-order valence-corrected chi connectivity index (χ0v) is 16.5. The maximum absolute atomic E-state index is 12.5. The van der Waals surface area contributed by atoms with Crippen molar-refractivity contribution in [1.29, 1.82) is 0 Å². The first-order chi connectivity index (χ1) is 13.5. The lowest BCUT2D eigenvalue weighted by Gasteiger charge is -2.10. The normalized spacial score (nSPS) is 11.3. The van der Waals surface area contributed by atoms with Crippen LogP contribution in [0.3, 0.4) is 0 Å². The van der Waals surface area contributed by atoms with Crippen molar-refractivity contribution < 1.29 is 14.3 Å². The Morgan fingerprint density at radius 1 is 1.21 bits per heavy atom. The fourth-order valence-electron chi connectivity index (χ4n) is 2.99. The zero-order valence-electron chi connectivity index (χ0n) is 16.5. The van der Waals surface area contributed by atoms with Crippen LogP contribution in [0.15, 0.2) is 47.6 Å². The predicted octanol–water partition coefficient (Wildman–Crippen LogP) is 3.33. The lowest BCUT2D eigenvalue weighted by atomic mass is 10.2. The van der Waals surface area contributed by atoms with Gasteiger partial charge in [0.2, 0.25) is 0 Å². The highest BCUT2D eigenvalue weighted by molar-refractivity contribution is 5.86. The SMILES string of the molecule is COc1ccc(OC)c(/C=N/NC(=O)Cn2c(C(C)C)nc3ccccc32)c1. The number of nitrogens with one attached hydrogen (secondary N) is 1. The summed E-state index contributed by atoms with van der Waals surface area (Å²) in [6.45, 7) is 4.26. The van der Waals surface area contributed by atoms with Crippen molar-refractivity contribution in [3.05, 3.63) is 53.9 Å². The summed E-state index contributed by atoms with van der Waals surface area (Å²) in [6, 6.07) is 13.2. The minimum absolute atomic E-state index is 0.139. The number of carbonyl (C=O) groups excluding carboxylic acids is 1. The fourth-order valence-corrected chi connectivity index (χ4v) is 2.99. The summed E-state index contributed by atoms with van der Waals surface area (Å²) in [5.41, 5.74) is 5.09. The van der Waals surface area contributed by atoms with Gasteiger partial charge < -0.3 is 14.0 Å². The molecule has 0 bridgehead atoms. The van der Waals surface area contributed by atoms with Gasteiger partial charge in [-0.1, -0.05) is 26.0 Å². The van der Waals surface area contributed by atoms with Crippen molar-refractivity contribution in [2.45, 2.75) is 26.3 Å². The third-order valence-corrected chi connectivity index (χ3v) is 4.33. The highest BCUT2D eigenvalue weighted by atomic mass is 16.5. The molecule has 0 saturated carbocycles. The van der Waals surface area contributed by atoms with Gasteiger partial charge >= 0.3 is 0 Å². The Labute approximate surface area is 164 Å². The van der Waals surface area contributed by atoms with Crippen LogP contribution in [0.2, 0.25) is 0 Å². The maximum atomic E-state index is 12.5. The van der Waals surface area contributed by atoms with E-state index in [1.807, 2.05) is 28.8 Å². The van der Waals surface area contributed by atoms with Gasteiger partial charge in [0, 0.05) is 11.5 Å². The van der Waals surface area contributed by atoms with Gasteiger partial charge in [-0.2, -0.15) is 5.10 Å². The van der Waals surface area contributed by atoms with E-state index in [1.54, 1.807) is 32.4 Å². The summed E-state index contributed by atoms with van der Waals surface area (Å²) in [7, 11) is 3.17. The second-order valence-corrected chi connectivity index (χ2v) is 6.60. The van der Waals surface area contributed by atoms with E-state index in [2.05, 4.69) is 29.4 Å². The van der Waals surface area contributed by atoms with Crippen LogP contribution in [0.5, 0.6) is 11.5 Å². The lowest BCUT2D eigenvalue weighted by Crippen LogP contribution is -2.24. The topological polar surface area (TPSA) is 77.7 Å². The number of nitrogens with zero attached hydrogens (tertiary/aromatic N) is 3. The fraction of sp³-hybridized carbons (Fsp3) is 0.286. The molecule has 2 aromatic carbocycles. The van der Waals surface area contributed by atoms with Gasteiger partial charge in [0.25, 0.3) is 5.91 Å². The molecule has 1 N–H and O–H groups in total. The van der Waals surface area contributed by atoms with Crippen molar-refractivity contribution in [1.82, 2.24) is 15.0 Å². The second kappa shape index (κ2) is 8.56. The van der Waals surface area contributed by atoms with E-state index in [4.69, 9.17) is 9.47 Å². The number of fused-ring (bicyclic) bond motifs is 1. The molecule has 3 rings (SSSR count). The van der Waals surface area contributed by atoms with E-state index in [9.17, 15) is 4.79 Å². The third kappa shape index (κ3) is 4.14. The molecule has 146 valence electrons. The summed E-state index contributed by atoms with van der Waals surface area (Å²) in [4.78, 5) is 17.1. The number of hydrogen-bond acceptors (Lipinski definition) is 5. The van der Waals surface area contributed by atoms with Gasteiger partial charge in [-0.25, -0.2) is 10.4 Å². The second-order valence-electron chi connectivity index (χ2n) is 6.60. The Bertz CT molecular complexity index is 1010. The quantitative estimate of drug-likeness (QED) is 0.504. The molecule has 1 heterocycles. The summed E-state index contributed by atoms with van der Waals surface area (Å²) < 4.78 is 12.4. The molecule has 0 atom stereocenters. The molecule has 0 saturated heterocycles. The van der Waals surface area contributed by atoms with Gasteiger partial charge in [-0.15, -0.1) is 0 Å². The number of benzene rings is 2. The highest BCUT2D eigenvalue weighted by Gasteiger charge is 2.15. The molecule has 0 fully saturated rings. The van der Waals surface area contributed by atoms with Gasteiger partial charge in [0.1, 0.15) is 23.9 Å². The van der Waals surface area contributed by atoms with E-state index < -0.39 is 0 Å². The van der Waals surface area contributed by atoms with Crippen LogP contribution in [-0.2, 0) is 11.3 Å². The van der Waals surface area contributed by atoms with Crippen LogP contribution in [0.1, 0.15) is 31.2 Å². The minimum atomic E-state index is -0.233. The molecular formula is C21H24N4O3. The Morgan fingerprint density at radius 2 is 2.00 bits per heavy atom. The molecule has 3 aromatic rings. The molecule has 0 aliphatic rings. The van der Waals surface area contributed by atoms with E-state index in [0.717, 1.165) is 16.9 Å². The van der Waals surface area contributed by atoms with Crippen LogP contribution in [0, 0.1) is 0 Å². The Kier molecular flexibility index (Phi) is 5.93. The molecule has 7 nitrogen and oxygen atoms in total. The molecule has 0 unspecified atom stereocenters. The third-order valence-electron chi connectivity index (χ3n) is 4.33. The Hall–Kier alpha value is -3.35. The first-order valence-electron chi connectivity index (χ1n) is 9.02. The average molecular weight is 380 g/mol. The number of hydrogen-bond donors (Lipinski definition) is 1. The van der Waals surface area contributed by atoms with Crippen molar-refractivity contribution in [2.24, 2.45) is 5.10 Å². The number of carbonyl (C=O) groups is 1. The van der Waals surface area contributed by atoms with Gasteiger partial charge in [-0.3, -0.25) is 4.79 Å². The molecule has 0 aliphatic heterocycles. The molecular weight excluding hydrogens is 356 g/mol. The summed E-state index contributed by atoms with van der Waals surface area (Å²) in [6.07, 6.45) is 1.54. The lowest BCUT2D eigenvalue weighted by molar-refractivity contribution is -0.121. The summed E-state index contributed by atoms with van der Waals surface area (Å²) in [5.74, 6) is 2.16.